The summed E-state index contributed by atoms with van der Waals surface area (Å²) < 4.78 is 0. The summed E-state index contributed by atoms with van der Waals surface area (Å²) in [5.41, 5.74) is 2.81. The van der Waals surface area contributed by atoms with Crippen LogP contribution in [0.4, 0.5) is 5.69 Å². The Bertz CT molecular complexity index is 1120. The number of carbonyl (C=O) groups is 1. The number of hydrogen-bond donors (Lipinski definition) is 1. The van der Waals surface area contributed by atoms with Crippen LogP contribution in [0.5, 0.6) is 0 Å². The molecule has 33 heavy (non-hydrogen) atoms. The van der Waals surface area contributed by atoms with Gasteiger partial charge in [0.25, 0.3) is 5.91 Å². The van der Waals surface area contributed by atoms with E-state index in [1.807, 2.05) is 24.3 Å². The summed E-state index contributed by atoms with van der Waals surface area (Å²) in [5, 5.41) is 11.9. The maximum Gasteiger partial charge on any atom is 0.276 e. The quantitative estimate of drug-likeness (QED) is 0.572. The normalized spacial score (nSPS) is 17.0. The van der Waals surface area contributed by atoms with Crippen molar-refractivity contribution in [3.63, 3.8) is 0 Å². The van der Waals surface area contributed by atoms with Crippen LogP contribution in [-0.2, 0) is 4.79 Å². The first-order chi connectivity index (χ1) is 16.2. The van der Waals surface area contributed by atoms with Gasteiger partial charge in [0.2, 0.25) is 0 Å². The molecule has 2 aromatic carbocycles. The number of hydrazone groups is 1. The number of unbranched alkanes of at least 4 members (excludes halogenated alkanes) is 1. The molecule has 0 unspecified atom stereocenters. The lowest BCUT2D eigenvalue weighted by Crippen LogP contribution is -2.50. The van der Waals surface area contributed by atoms with Gasteiger partial charge in [0.05, 0.1) is 5.36 Å². The fraction of sp³-hybridized carbons (Fsp3) is 0.423. The van der Waals surface area contributed by atoms with Crippen LogP contribution in [0.3, 0.4) is 0 Å². The van der Waals surface area contributed by atoms with Gasteiger partial charge < -0.3 is 4.90 Å². The van der Waals surface area contributed by atoms with Gasteiger partial charge in [0.1, 0.15) is 5.70 Å². The molecule has 2 aromatic rings. The zero-order valence-electron chi connectivity index (χ0n) is 19.8. The van der Waals surface area contributed by atoms with Crippen LogP contribution in [0.2, 0.25) is 0 Å². The minimum Gasteiger partial charge on any atom is -0.372 e. The van der Waals surface area contributed by atoms with Crippen molar-refractivity contribution in [3.8, 4) is 0 Å². The van der Waals surface area contributed by atoms with Crippen molar-refractivity contribution in [2.24, 2.45) is 10.1 Å². The smallest absolute Gasteiger partial charge is 0.276 e. The van der Waals surface area contributed by atoms with Crippen molar-refractivity contribution in [2.45, 2.75) is 52.6 Å². The molecule has 1 atom stereocenters. The second-order valence-corrected chi connectivity index (χ2v) is 9.44. The fourth-order valence-electron chi connectivity index (χ4n) is 4.19. The SMILES string of the molecule is CCCCSC1=NN2C(=c3ccccc3=N[C@@H]2c2ccc(N(CCC)CCC)cc2)C(=O)N1. The zero-order chi connectivity index (χ0) is 23.2. The summed E-state index contributed by atoms with van der Waals surface area (Å²) in [6, 6.07) is 16.4. The van der Waals surface area contributed by atoms with E-state index in [0.29, 0.717) is 10.9 Å². The van der Waals surface area contributed by atoms with Crippen molar-refractivity contribution >= 4 is 34.2 Å². The van der Waals surface area contributed by atoms with E-state index >= 15 is 0 Å². The van der Waals surface area contributed by atoms with Gasteiger partial charge in [-0.1, -0.05) is 69.3 Å². The summed E-state index contributed by atoms with van der Waals surface area (Å²) in [6.45, 7) is 8.67. The van der Waals surface area contributed by atoms with Crippen LogP contribution < -0.4 is 20.8 Å². The van der Waals surface area contributed by atoms with Crippen LogP contribution in [-0.4, -0.2) is 34.9 Å². The highest BCUT2D eigenvalue weighted by atomic mass is 32.2. The van der Waals surface area contributed by atoms with Gasteiger partial charge in [-0.25, -0.2) is 5.01 Å². The molecule has 2 heterocycles. The molecule has 0 fully saturated rings. The van der Waals surface area contributed by atoms with Gasteiger partial charge in [-0.15, -0.1) is 5.10 Å². The molecule has 0 aromatic heterocycles. The molecule has 1 amide bonds. The standard InChI is InChI=1S/C26H33N5OS/c1-4-7-18-33-26-28-25(32)23-21-10-8-9-11-22(21)27-24(31(23)29-26)19-12-14-20(15-13-19)30(16-5-2)17-6-3/h8-15,24H,4-7,16-18H2,1-3H3,(H,28,29,32)/t24-/m0/s1. The number of hydrogen-bond acceptors (Lipinski definition) is 6. The Labute approximate surface area is 200 Å². The molecule has 0 radical (unpaired) electrons. The van der Waals surface area contributed by atoms with E-state index < -0.39 is 0 Å². The predicted molar refractivity (Wildman–Crippen MR) is 137 cm³/mol. The summed E-state index contributed by atoms with van der Waals surface area (Å²) in [5.74, 6) is 0.807. The minimum atomic E-state index is -0.373. The number of thioether (sulfide) groups is 1. The molecule has 0 bridgehead atoms. The van der Waals surface area contributed by atoms with Crippen LogP contribution in [0.25, 0.3) is 5.70 Å². The molecule has 0 aliphatic carbocycles. The lowest BCUT2D eigenvalue weighted by Gasteiger charge is -2.34. The monoisotopic (exact) mass is 463 g/mol. The molecule has 1 N–H and O–H groups in total. The van der Waals surface area contributed by atoms with Crippen LogP contribution in [0.1, 0.15) is 58.2 Å². The zero-order valence-corrected chi connectivity index (χ0v) is 20.6. The number of rotatable bonds is 9. The van der Waals surface area contributed by atoms with E-state index in [2.05, 4.69) is 55.3 Å². The molecule has 174 valence electrons. The Hall–Kier alpha value is -2.80. The van der Waals surface area contributed by atoms with Crippen LogP contribution in [0.15, 0.2) is 58.6 Å². The Balaban J connectivity index is 1.72. The summed E-state index contributed by atoms with van der Waals surface area (Å²) in [7, 11) is 0. The highest BCUT2D eigenvalue weighted by Gasteiger charge is 2.34. The third-order valence-electron chi connectivity index (χ3n) is 5.80. The number of carbonyl (C=O) groups excluding carboxylic acids is 1. The lowest BCUT2D eigenvalue weighted by molar-refractivity contribution is -0.116. The van der Waals surface area contributed by atoms with E-state index in [1.54, 1.807) is 16.8 Å². The first kappa shape index (κ1) is 23.4. The van der Waals surface area contributed by atoms with Crippen molar-refractivity contribution in [1.82, 2.24) is 10.3 Å². The van der Waals surface area contributed by atoms with E-state index in [1.165, 1.54) is 5.69 Å². The third kappa shape index (κ3) is 5.08. The van der Waals surface area contributed by atoms with Gasteiger partial charge >= 0.3 is 0 Å². The van der Waals surface area contributed by atoms with Gasteiger partial charge in [-0.3, -0.25) is 15.1 Å². The highest BCUT2D eigenvalue weighted by Crippen LogP contribution is 2.32. The Morgan fingerprint density at radius 1 is 1.00 bits per heavy atom. The first-order valence-corrected chi connectivity index (χ1v) is 13.0. The number of nitrogens with zero attached hydrogens (tertiary/aromatic N) is 4. The Morgan fingerprint density at radius 3 is 2.42 bits per heavy atom. The van der Waals surface area contributed by atoms with Crippen molar-refractivity contribution in [3.05, 3.63) is 64.7 Å². The van der Waals surface area contributed by atoms with Crippen molar-refractivity contribution in [1.29, 1.82) is 0 Å². The number of amidine groups is 1. The molecule has 6 nitrogen and oxygen atoms in total. The van der Waals surface area contributed by atoms with Crippen LogP contribution >= 0.6 is 11.8 Å². The average Bonchev–Trinajstić information content (AvgIpc) is 2.83. The second-order valence-electron chi connectivity index (χ2n) is 8.35. The van der Waals surface area contributed by atoms with E-state index in [-0.39, 0.29) is 12.1 Å². The molecular formula is C26H33N5OS. The largest absolute Gasteiger partial charge is 0.372 e. The number of para-hydroxylation sites is 1. The van der Waals surface area contributed by atoms with E-state index in [0.717, 1.165) is 60.7 Å². The molecule has 0 saturated carbocycles. The molecule has 0 saturated heterocycles. The summed E-state index contributed by atoms with van der Waals surface area (Å²) in [6.07, 6.45) is 4.05. The molecular weight excluding hydrogens is 430 g/mol. The van der Waals surface area contributed by atoms with E-state index in [9.17, 15) is 4.79 Å². The number of amides is 1. The molecule has 7 heteroatoms. The number of nitrogens with one attached hydrogen (secondary N) is 1. The molecule has 0 spiro atoms. The Kier molecular flexibility index (Phi) is 7.70. The average molecular weight is 464 g/mol. The summed E-state index contributed by atoms with van der Waals surface area (Å²) in [4.78, 5) is 20.6. The molecule has 4 rings (SSSR count). The minimum absolute atomic E-state index is 0.120. The third-order valence-corrected chi connectivity index (χ3v) is 6.75. The fourth-order valence-corrected chi connectivity index (χ4v) is 5.13. The van der Waals surface area contributed by atoms with Crippen LogP contribution in [0, 0.1) is 0 Å². The van der Waals surface area contributed by atoms with Crippen molar-refractivity contribution in [2.75, 3.05) is 23.7 Å². The van der Waals surface area contributed by atoms with Gasteiger partial charge in [-0.05, 0) is 43.0 Å². The van der Waals surface area contributed by atoms with Gasteiger partial charge in [0, 0.05) is 29.7 Å². The molecule has 2 aliphatic heterocycles. The highest BCUT2D eigenvalue weighted by molar-refractivity contribution is 8.13. The van der Waals surface area contributed by atoms with E-state index in [4.69, 9.17) is 10.1 Å². The molecule has 2 aliphatic rings. The van der Waals surface area contributed by atoms with Gasteiger partial charge in [-0.2, -0.15) is 0 Å². The van der Waals surface area contributed by atoms with Gasteiger partial charge in [0.15, 0.2) is 11.3 Å². The lowest BCUT2D eigenvalue weighted by atomic mass is 10.1. The van der Waals surface area contributed by atoms with Crippen molar-refractivity contribution < 1.29 is 4.79 Å². The number of benzene rings is 2. The summed E-state index contributed by atoms with van der Waals surface area (Å²) >= 11 is 1.59. The maximum absolute atomic E-state index is 13.2. The number of fused-ring (bicyclic) bond motifs is 2. The number of anilines is 1. The topological polar surface area (TPSA) is 60.3 Å². The Morgan fingerprint density at radius 2 is 1.73 bits per heavy atom. The maximum atomic E-state index is 13.2. The predicted octanol–water partition coefficient (Wildman–Crippen LogP) is 3.99. The first-order valence-electron chi connectivity index (χ1n) is 12.0. The second kappa shape index (κ2) is 10.9.